The van der Waals surface area contributed by atoms with E-state index in [1.54, 1.807) is 10.7 Å². The maximum Gasteiger partial charge on any atom is 0.199 e. The molecule has 2 aromatic rings. The Labute approximate surface area is 92.5 Å². The highest BCUT2D eigenvalue weighted by atomic mass is 15.5. The van der Waals surface area contributed by atoms with Gasteiger partial charge in [-0.3, -0.25) is 4.98 Å². The second-order valence-electron chi connectivity index (χ2n) is 3.81. The van der Waals surface area contributed by atoms with Crippen LogP contribution in [0.25, 0.3) is 5.65 Å². The number of aromatic nitrogens is 5. The molecule has 0 radical (unpaired) electrons. The van der Waals surface area contributed by atoms with Gasteiger partial charge in [-0.05, 0) is 17.4 Å². The first kappa shape index (κ1) is 9.46. The Bertz CT molecular complexity index is 489. The maximum absolute atomic E-state index is 4.17. The third-order valence-electron chi connectivity index (χ3n) is 2.93. The normalized spacial score (nSPS) is 16.3. The van der Waals surface area contributed by atoms with Crippen LogP contribution in [-0.4, -0.2) is 50.7 Å². The summed E-state index contributed by atoms with van der Waals surface area (Å²) >= 11 is 0. The van der Waals surface area contributed by atoms with Crippen molar-refractivity contribution in [3.8, 4) is 0 Å². The molecule has 2 aromatic heterocycles. The molecule has 3 rings (SSSR count). The van der Waals surface area contributed by atoms with Gasteiger partial charge >= 0.3 is 0 Å². The molecule has 16 heavy (non-hydrogen) atoms. The van der Waals surface area contributed by atoms with E-state index in [1.165, 1.54) is 0 Å². The van der Waals surface area contributed by atoms with Crippen LogP contribution in [0, 0.1) is 0 Å². The molecule has 1 aliphatic rings. The molecule has 7 heteroatoms. The number of hydrogen-bond donors (Lipinski definition) is 1. The van der Waals surface area contributed by atoms with E-state index in [2.05, 4.69) is 37.6 Å². The van der Waals surface area contributed by atoms with Crippen LogP contribution in [0.2, 0.25) is 0 Å². The van der Waals surface area contributed by atoms with E-state index >= 15 is 0 Å². The predicted molar refractivity (Wildman–Crippen MR) is 58.3 cm³/mol. The van der Waals surface area contributed by atoms with E-state index in [9.17, 15) is 0 Å². The number of tetrazole rings is 1. The van der Waals surface area contributed by atoms with Gasteiger partial charge in [0.1, 0.15) is 0 Å². The molecule has 1 saturated heterocycles. The minimum absolute atomic E-state index is 0.515. The van der Waals surface area contributed by atoms with Crippen LogP contribution in [0.15, 0.2) is 12.4 Å². The molecule has 0 atom stereocenters. The zero-order valence-corrected chi connectivity index (χ0v) is 9.04. The Morgan fingerprint density at radius 3 is 3.06 bits per heavy atom. The lowest BCUT2D eigenvalue weighted by Crippen LogP contribution is -2.57. The molecule has 1 fully saturated rings. The molecule has 1 aliphatic heterocycles. The van der Waals surface area contributed by atoms with E-state index in [0.29, 0.717) is 11.7 Å². The first-order valence-electron chi connectivity index (χ1n) is 5.39. The number of nitrogens with one attached hydrogen (secondary N) is 1. The topological polar surface area (TPSA) is 71.2 Å². The van der Waals surface area contributed by atoms with Crippen molar-refractivity contribution in [1.82, 2.24) is 30.3 Å². The van der Waals surface area contributed by atoms with Crippen molar-refractivity contribution in [3.05, 3.63) is 12.4 Å². The van der Waals surface area contributed by atoms with Crippen molar-refractivity contribution < 1.29 is 0 Å². The van der Waals surface area contributed by atoms with Gasteiger partial charge < -0.3 is 10.2 Å². The van der Waals surface area contributed by atoms with Crippen LogP contribution >= 0.6 is 0 Å². The molecular formula is C9H13N7. The average molecular weight is 219 g/mol. The van der Waals surface area contributed by atoms with Crippen LogP contribution in [-0.2, 0) is 0 Å². The van der Waals surface area contributed by atoms with Gasteiger partial charge in [-0.15, -0.1) is 5.10 Å². The van der Waals surface area contributed by atoms with Gasteiger partial charge in [-0.1, -0.05) is 0 Å². The highest BCUT2D eigenvalue weighted by Crippen LogP contribution is 2.17. The zero-order valence-electron chi connectivity index (χ0n) is 9.04. The minimum atomic E-state index is 0.515. The van der Waals surface area contributed by atoms with Crippen LogP contribution in [0.1, 0.15) is 6.92 Å². The van der Waals surface area contributed by atoms with E-state index in [1.807, 2.05) is 6.20 Å². The molecule has 7 nitrogen and oxygen atoms in total. The van der Waals surface area contributed by atoms with Crippen molar-refractivity contribution in [2.24, 2.45) is 0 Å². The van der Waals surface area contributed by atoms with E-state index in [-0.39, 0.29) is 0 Å². The first-order valence-corrected chi connectivity index (χ1v) is 5.39. The van der Waals surface area contributed by atoms with Crippen molar-refractivity contribution in [2.45, 2.75) is 13.0 Å². The van der Waals surface area contributed by atoms with Crippen LogP contribution in [0.4, 0.5) is 5.82 Å². The number of anilines is 1. The standard InChI is InChI=1S/C9H13N7/c1-2-15(7-3-10-4-7)9-6-11-5-8-12-13-14-16(8)9/h5-7,10H,2-4H2,1H3. The van der Waals surface area contributed by atoms with Gasteiger partial charge in [0.05, 0.1) is 18.4 Å². The summed E-state index contributed by atoms with van der Waals surface area (Å²) in [5.41, 5.74) is 0.684. The number of rotatable bonds is 3. The fourth-order valence-corrected chi connectivity index (χ4v) is 1.96. The summed E-state index contributed by atoms with van der Waals surface area (Å²) in [6.07, 6.45) is 3.47. The van der Waals surface area contributed by atoms with Gasteiger partial charge in [0, 0.05) is 19.6 Å². The molecule has 0 bridgehead atoms. The van der Waals surface area contributed by atoms with Gasteiger partial charge in [0.25, 0.3) is 0 Å². The molecule has 3 heterocycles. The minimum Gasteiger partial charge on any atom is -0.350 e. The number of hydrogen-bond acceptors (Lipinski definition) is 6. The Morgan fingerprint density at radius 1 is 1.50 bits per heavy atom. The number of likely N-dealkylation sites (N-methyl/N-ethyl adjacent to an activating group) is 1. The maximum atomic E-state index is 4.17. The lowest BCUT2D eigenvalue weighted by molar-refractivity contribution is 0.413. The first-order chi connectivity index (χ1) is 7.90. The molecule has 0 amide bonds. The van der Waals surface area contributed by atoms with Crippen molar-refractivity contribution in [1.29, 1.82) is 0 Å². The van der Waals surface area contributed by atoms with E-state index in [4.69, 9.17) is 0 Å². The summed E-state index contributed by atoms with van der Waals surface area (Å²) in [5, 5.41) is 14.8. The Hall–Kier alpha value is -1.76. The van der Waals surface area contributed by atoms with Gasteiger partial charge in [-0.2, -0.15) is 4.52 Å². The summed E-state index contributed by atoms with van der Waals surface area (Å²) in [6.45, 7) is 5.06. The van der Waals surface area contributed by atoms with Crippen molar-refractivity contribution >= 4 is 11.5 Å². The Balaban J connectivity index is 2.05. The second kappa shape index (κ2) is 3.67. The highest BCUT2D eigenvalue weighted by molar-refractivity contribution is 5.47. The quantitative estimate of drug-likeness (QED) is 0.737. The molecule has 0 aliphatic carbocycles. The molecule has 0 spiro atoms. The fraction of sp³-hybridized carbons (Fsp3) is 0.556. The van der Waals surface area contributed by atoms with Crippen LogP contribution in [0.3, 0.4) is 0 Å². The van der Waals surface area contributed by atoms with Crippen LogP contribution in [0.5, 0.6) is 0 Å². The largest absolute Gasteiger partial charge is 0.350 e. The van der Waals surface area contributed by atoms with Gasteiger partial charge in [0.15, 0.2) is 11.5 Å². The van der Waals surface area contributed by atoms with E-state index in [0.717, 1.165) is 25.5 Å². The lowest BCUT2D eigenvalue weighted by Gasteiger charge is -2.38. The summed E-state index contributed by atoms with van der Waals surface area (Å²) < 4.78 is 1.73. The number of fused-ring (bicyclic) bond motifs is 1. The Kier molecular flexibility index (Phi) is 2.17. The highest BCUT2D eigenvalue weighted by Gasteiger charge is 2.25. The smallest absolute Gasteiger partial charge is 0.199 e. The monoisotopic (exact) mass is 219 g/mol. The SMILES string of the molecule is CCN(c1cncc2nnnn12)C1CNC1. The fourth-order valence-electron chi connectivity index (χ4n) is 1.96. The number of nitrogens with zero attached hydrogens (tertiary/aromatic N) is 6. The zero-order chi connectivity index (χ0) is 11.0. The third-order valence-corrected chi connectivity index (χ3v) is 2.93. The summed E-state index contributed by atoms with van der Waals surface area (Å²) in [6, 6.07) is 0.515. The molecule has 84 valence electrons. The molecule has 0 saturated carbocycles. The summed E-state index contributed by atoms with van der Waals surface area (Å²) in [4.78, 5) is 6.44. The Morgan fingerprint density at radius 2 is 2.38 bits per heavy atom. The molecule has 0 aromatic carbocycles. The third kappa shape index (κ3) is 1.32. The van der Waals surface area contributed by atoms with Crippen LogP contribution < -0.4 is 10.2 Å². The summed E-state index contributed by atoms with van der Waals surface area (Å²) in [7, 11) is 0. The summed E-state index contributed by atoms with van der Waals surface area (Å²) in [5.74, 6) is 0.955. The van der Waals surface area contributed by atoms with E-state index < -0.39 is 0 Å². The van der Waals surface area contributed by atoms with Crippen molar-refractivity contribution in [3.63, 3.8) is 0 Å². The average Bonchev–Trinajstić information content (AvgIpc) is 2.70. The molecule has 1 N–H and O–H groups in total. The van der Waals surface area contributed by atoms with Gasteiger partial charge in [0.2, 0.25) is 0 Å². The lowest BCUT2D eigenvalue weighted by atomic mass is 10.1. The molecule has 0 unspecified atom stereocenters. The molecular weight excluding hydrogens is 206 g/mol. The second-order valence-corrected chi connectivity index (χ2v) is 3.81. The van der Waals surface area contributed by atoms with Gasteiger partial charge in [-0.25, -0.2) is 0 Å². The van der Waals surface area contributed by atoms with Crippen molar-refractivity contribution in [2.75, 3.05) is 24.5 Å². The predicted octanol–water partition coefficient (Wildman–Crippen LogP) is -0.683.